The predicted octanol–water partition coefficient (Wildman–Crippen LogP) is 3.91. The van der Waals surface area contributed by atoms with Crippen molar-refractivity contribution in [1.82, 2.24) is 4.98 Å². The van der Waals surface area contributed by atoms with E-state index in [1.54, 1.807) is 0 Å². The molecule has 0 aliphatic carbocycles. The molecule has 1 heterocycles. The van der Waals surface area contributed by atoms with Crippen molar-refractivity contribution in [3.63, 3.8) is 0 Å². The maximum absolute atomic E-state index is 14.2. The molecule has 1 aromatic heterocycles. The molecule has 7 heteroatoms. The van der Waals surface area contributed by atoms with Crippen molar-refractivity contribution in [3.8, 4) is 11.3 Å². The van der Waals surface area contributed by atoms with Crippen LogP contribution in [0.5, 0.6) is 0 Å². The molecule has 0 saturated heterocycles. The van der Waals surface area contributed by atoms with Gasteiger partial charge in [0.1, 0.15) is 17.2 Å². The Morgan fingerprint density at radius 2 is 1.83 bits per heavy atom. The Hall–Kier alpha value is -2.73. The molecule has 24 heavy (non-hydrogen) atoms. The van der Waals surface area contributed by atoms with E-state index in [2.05, 4.69) is 9.72 Å². The van der Waals surface area contributed by atoms with Gasteiger partial charge in [-0.25, -0.2) is 13.6 Å². The zero-order valence-electron chi connectivity index (χ0n) is 12.3. The predicted molar refractivity (Wildman–Crippen MR) is 86.3 cm³/mol. The van der Waals surface area contributed by atoms with Crippen LogP contribution in [0.25, 0.3) is 22.2 Å². The third-order valence-electron chi connectivity index (χ3n) is 3.57. The van der Waals surface area contributed by atoms with E-state index in [0.717, 1.165) is 19.2 Å². The summed E-state index contributed by atoms with van der Waals surface area (Å²) >= 11 is 5.90. The average Bonchev–Trinajstić information content (AvgIpc) is 2.54. The molecule has 3 rings (SSSR count). The molecule has 2 aromatic carbocycles. The zero-order chi connectivity index (χ0) is 17.4. The van der Waals surface area contributed by atoms with Gasteiger partial charge < -0.3 is 9.72 Å². The van der Waals surface area contributed by atoms with Gasteiger partial charge in [0, 0.05) is 10.4 Å². The quantitative estimate of drug-likeness (QED) is 0.713. The van der Waals surface area contributed by atoms with Gasteiger partial charge in [-0.2, -0.15) is 0 Å². The Bertz CT molecular complexity index is 1010. The van der Waals surface area contributed by atoms with Crippen molar-refractivity contribution in [3.05, 3.63) is 68.8 Å². The molecule has 0 spiro atoms. The number of H-pyrrole nitrogens is 1. The fourth-order valence-corrected chi connectivity index (χ4v) is 2.66. The van der Waals surface area contributed by atoms with Crippen molar-refractivity contribution in [2.24, 2.45) is 0 Å². The van der Waals surface area contributed by atoms with Crippen molar-refractivity contribution < 1.29 is 18.3 Å². The Labute approximate surface area is 139 Å². The molecule has 0 bridgehead atoms. The van der Waals surface area contributed by atoms with Gasteiger partial charge in [-0.05, 0) is 30.3 Å². The summed E-state index contributed by atoms with van der Waals surface area (Å²) in [5.74, 6) is -2.83. The first-order valence-corrected chi connectivity index (χ1v) is 7.20. The van der Waals surface area contributed by atoms with Crippen LogP contribution in [0.4, 0.5) is 8.78 Å². The van der Waals surface area contributed by atoms with Crippen LogP contribution in [0.15, 0.2) is 41.2 Å². The van der Waals surface area contributed by atoms with Gasteiger partial charge in [0.05, 0.1) is 23.9 Å². The number of halogens is 3. The van der Waals surface area contributed by atoms with E-state index in [-0.39, 0.29) is 16.6 Å². The molecule has 0 amide bonds. The molecular formula is C17H10ClF2NO3. The van der Waals surface area contributed by atoms with Gasteiger partial charge in [0.15, 0.2) is 0 Å². The minimum Gasteiger partial charge on any atom is -0.465 e. The average molecular weight is 350 g/mol. The second kappa shape index (κ2) is 6.05. The van der Waals surface area contributed by atoms with E-state index >= 15 is 0 Å². The summed E-state index contributed by atoms with van der Waals surface area (Å²) in [5, 5.41) is 0.476. The van der Waals surface area contributed by atoms with Crippen molar-refractivity contribution >= 4 is 28.5 Å². The second-order valence-corrected chi connectivity index (χ2v) is 5.42. The van der Waals surface area contributed by atoms with Crippen molar-refractivity contribution in [2.75, 3.05) is 7.11 Å². The van der Waals surface area contributed by atoms with E-state index in [4.69, 9.17) is 11.6 Å². The molecular weight excluding hydrogens is 340 g/mol. The highest BCUT2D eigenvalue weighted by Gasteiger charge is 2.24. The monoisotopic (exact) mass is 349 g/mol. The number of ether oxygens (including phenoxy) is 1. The summed E-state index contributed by atoms with van der Waals surface area (Å²) < 4.78 is 32.9. The third kappa shape index (κ3) is 2.55. The van der Waals surface area contributed by atoms with Crippen LogP contribution in [0.1, 0.15) is 10.4 Å². The molecule has 0 aliphatic rings. The van der Waals surface area contributed by atoms with Crippen molar-refractivity contribution in [2.45, 2.75) is 0 Å². The van der Waals surface area contributed by atoms with E-state index < -0.39 is 34.2 Å². The summed E-state index contributed by atoms with van der Waals surface area (Å²) in [6.45, 7) is 0. The number of rotatable bonds is 2. The highest BCUT2D eigenvalue weighted by Crippen LogP contribution is 2.29. The summed E-state index contributed by atoms with van der Waals surface area (Å²) in [5.41, 5.74) is -1.74. The fraction of sp³-hybridized carbons (Fsp3) is 0.0588. The zero-order valence-corrected chi connectivity index (χ0v) is 13.1. The van der Waals surface area contributed by atoms with Crippen LogP contribution in [0.3, 0.4) is 0 Å². The molecule has 0 aliphatic heterocycles. The number of pyridine rings is 1. The minimum absolute atomic E-state index is 0.153. The molecule has 0 saturated carbocycles. The number of benzene rings is 2. The maximum Gasteiger partial charge on any atom is 0.344 e. The number of hydrogen-bond donors (Lipinski definition) is 1. The largest absolute Gasteiger partial charge is 0.465 e. The van der Waals surface area contributed by atoms with E-state index in [1.165, 1.54) is 24.3 Å². The number of aromatic nitrogens is 1. The lowest BCUT2D eigenvalue weighted by molar-refractivity contribution is 0.0600. The second-order valence-electron chi connectivity index (χ2n) is 4.98. The molecule has 1 N–H and O–H groups in total. The summed E-state index contributed by atoms with van der Waals surface area (Å²) in [6.07, 6.45) is 0. The summed E-state index contributed by atoms with van der Waals surface area (Å²) in [7, 11) is 1.08. The molecule has 0 fully saturated rings. The minimum atomic E-state index is -0.995. The smallest absolute Gasteiger partial charge is 0.344 e. The topological polar surface area (TPSA) is 59.2 Å². The van der Waals surface area contributed by atoms with Gasteiger partial charge in [0.25, 0.3) is 0 Å². The van der Waals surface area contributed by atoms with E-state index in [1.807, 2.05) is 0 Å². The van der Waals surface area contributed by atoms with Gasteiger partial charge in [-0.3, -0.25) is 4.79 Å². The van der Waals surface area contributed by atoms with Gasteiger partial charge >= 0.3 is 5.97 Å². The molecule has 0 unspecified atom stereocenters. The first kappa shape index (κ1) is 16.1. The van der Waals surface area contributed by atoms with Crippen LogP contribution in [-0.4, -0.2) is 18.1 Å². The third-order valence-corrected chi connectivity index (χ3v) is 3.80. The number of esters is 1. The number of nitrogens with one attached hydrogen (secondary N) is 1. The first-order valence-electron chi connectivity index (χ1n) is 6.82. The van der Waals surface area contributed by atoms with Crippen LogP contribution < -0.4 is 5.43 Å². The number of carbonyl (C=O) groups excluding carboxylic acids is 1. The number of aromatic amines is 1. The van der Waals surface area contributed by atoms with Crippen LogP contribution in [-0.2, 0) is 4.74 Å². The highest BCUT2D eigenvalue weighted by molar-refractivity contribution is 6.31. The van der Waals surface area contributed by atoms with Crippen LogP contribution >= 0.6 is 11.6 Å². The Morgan fingerprint density at radius 1 is 1.17 bits per heavy atom. The standard InChI is InChI=1S/C17H10ClF2NO3/c1-24-17(23)14-15(13-10(19)3-2-4-11(13)20)21-12-7-8(18)5-6-9(12)16(14)22/h2-7H,1H3,(H,21,22). The van der Waals surface area contributed by atoms with E-state index in [9.17, 15) is 18.4 Å². The summed E-state index contributed by atoms with van der Waals surface area (Å²) in [6, 6.07) is 7.57. The summed E-state index contributed by atoms with van der Waals surface area (Å²) in [4.78, 5) is 27.4. The van der Waals surface area contributed by atoms with Gasteiger partial charge in [-0.15, -0.1) is 0 Å². The normalized spacial score (nSPS) is 10.8. The Balaban J connectivity index is 2.50. The molecule has 4 nitrogen and oxygen atoms in total. The lowest BCUT2D eigenvalue weighted by atomic mass is 10.0. The van der Waals surface area contributed by atoms with Crippen LogP contribution in [0.2, 0.25) is 5.02 Å². The number of carbonyl (C=O) groups is 1. The molecule has 3 aromatic rings. The molecule has 0 radical (unpaired) electrons. The maximum atomic E-state index is 14.2. The molecule has 122 valence electrons. The van der Waals surface area contributed by atoms with Gasteiger partial charge in [-0.1, -0.05) is 17.7 Å². The lowest BCUT2D eigenvalue weighted by Gasteiger charge is -2.12. The fourth-order valence-electron chi connectivity index (χ4n) is 2.48. The number of fused-ring (bicyclic) bond motifs is 1. The SMILES string of the molecule is COC(=O)c1c(-c2c(F)cccc2F)[nH]c2cc(Cl)ccc2c1=O. The highest BCUT2D eigenvalue weighted by atomic mass is 35.5. The van der Waals surface area contributed by atoms with Gasteiger partial charge in [0.2, 0.25) is 5.43 Å². The lowest BCUT2D eigenvalue weighted by Crippen LogP contribution is -2.20. The van der Waals surface area contributed by atoms with Crippen LogP contribution in [0, 0.1) is 11.6 Å². The Kier molecular flexibility index (Phi) is 4.07. The number of methoxy groups -OCH3 is 1. The Morgan fingerprint density at radius 3 is 2.46 bits per heavy atom. The van der Waals surface area contributed by atoms with E-state index in [0.29, 0.717) is 5.02 Å². The molecule has 0 atom stereocenters. The van der Waals surface area contributed by atoms with Crippen molar-refractivity contribution in [1.29, 1.82) is 0 Å². The number of hydrogen-bond acceptors (Lipinski definition) is 3. The first-order chi connectivity index (χ1) is 11.4.